The Kier molecular flexibility index (Phi) is 12.4. The lowest BCUT2D eigenvalue weighted by atomic mass is 9.91. The topological polar surface area (TPSA) is 87.5 Å². The summed E-state index contributed by atoms with van der Waals surface area (Å²) in [6.45, 7) is 4.89. The van der Waals surface area contributed by atoms with Gasteiger partial charge < -0.3 is 23.6 Å². The van der Waals surface area contributed by atoms with Gasteiger partial charge in [-0.1, -0.05) is 23.4 Å². The fourth-order valence-corrected chi connectivity index (χ4v) is 5.44. The van der Waals surface area contributed by atoms with Gasteiger partial charge in [0, 0.05) is 37.3 Å². The lowest BCUT2D eigenvalue weighted by molar-refractivity contribution is 0.173. The van der Waals surface area contributed by atoms with E-state index in [1.165, 1.54) is 12.8 Å². The second kappa shape index (κ2) is 15.8. The van der Waals surface area contributed by atoms with Gasteiger partial charge in [-0.05, 0) is 94.7 Å². The van der Waals surface area contributed by atoms with Crippen molar-refractivity contribution in [1.82, 2.24) is 19.5 Å². The molecule has 0 N–H and O–H groups in total. The molecule has 1 aliphatic rings. The lowest BCUT2D eigenvalue weighted by Gasteiger charge is -2.32. The largest absolute Gasteiger partial charge is 0.488 e. The summed E-state index contributed by atoms with van der Waals surface area (Å²) >= 11 is 0. The average Bonchev–Trinajstić information content (AvgIpc) is 3.39. The van der Waals surface area contributed by atoms with Gasteiger partial charge in [-0.15, -0.1) is 24.8 Å². The third-order valence-electron chi connectivity index (χ3n) is 7.78. The summed E-state index contributed by atoms with van der Waals surface area (Å²) in [5.74, 6) is 1.46. The molecule has 1 aliphatic heterocycles. The van der Waals surface area contributed by atoms with E-state index in [4.69, 9.17) is 14.5 Å². The highest BCUT2D eigenvalue weighted by Gasteiger charge is 2.22. The van der Waals surface area contributed by atoms with Gasteiger partial charge in [-0.3, -0.25) is 4.79 Å². The summed E-state index contributed by atoms with van der Waals surface area (Å²) in [7, 11) is 4.07. The number of hydrogen-bond acceptors (Lipinski definition) is 7. The second-order valence-corrected chi connectivity index (χ2v) is 10.9. The molecule has 8 nitrogen and oxygen atoms in total. The zero-order valence-electron chi connectivity index (χ0n) is 24.2. The molecule has 0 aliphatic carbocycles. The first-order valence-electron chi connectivity index (χ1n) is 14.0. The first-order valence-corrected chi connectivity index (χ1v) is 14.0. The molecular weight excluding hydrogens is 573 g/mol. The molecule has 0 saturated carbocycles. The van der Waals surface area contributed by atoms with Gasteiger partial charge in [-0.25, -0.2) is 0 Å². The Morgan fingerprint density at radius 2 is 1.81 bits per heavy atom. The monoisotopic (exact) mass is 611 g/mol. The molecule has 4 aromatic rings. The normalized spacial score (nSPS) is 13.9. The van der Waals surface area contributed by atoms with Crippen LogP contribution in [0.15, 0.2) is 70.1 Å². The molecule has 0 unspecified atom stereocenters. The Morgan fingerprint density at radius 3 is 2.50 bits per heavy atom. The molecule has 1 fully saturated rings. The minimum Gasteiger partial charge on any atom is -0.488 e. The Bertz CT molecular complexity index is 1520. The predicted molar refractivity (Wildman–Crippen MR) is 170 cm³/mol. The minimum atomic E-state index is 0. The molecule has 1 saturated heterocycles. The Morgan fingerprint density at radius 1 is 1.05 bits per heavy atom. The highest BCUT2D eigenvalue weighted by Crippen LogP contribution is 2.33. The molecule has 224 valence electrons. The Hall–Kier alpha value is -3.35. The van der Waals surface area contributed by atoms with Crippen molar-refractivity contribution < 1.29 is 9.26 Å². The minimum absolute atomic E-state index is 0. The molecule has 0 bridgehead atoms. The molecule has 0 amide bonds. The first kappa shape index (κ1) is 33.2. The fraction of sp³-hybridized carbons (Fsp3) is 0.406. The van der Waals surface area contributed by atoms with Crippen molar-refractivity contribution in [2.45, 2.75) is 45.4 Å². The van der Waals surface area contributed by atoms with Gasteiger partial charge in [0.05, 0.1) is 22.9 Å². The van der Waals surface area contributed by atoms with Crippen LogP contribution in [0.1, 0.15) is 41.6 Å². The fourth-order valence-electron chi connectivity index (χ4n) is 5.44. The number of likely N-dealkylation sites (tertiary alicyclic amines) is 1. The van der Waals surface area contributed by atoms with Crippen molar-refractivity contribution in [1.29, 1.82) is 5.26 Å². The first-order chi connectivity index (χ1) is 19.5. The summed E-state index contributed by atoms with van der Waals surface area (Å²) in [6.07, 6.45) is 6.18. The SMILES string of the molecule is CN(C)Cc1c(OCc2ccc(C#N)cc2)ccc2c(CCC3CCN(CCn4ccccc4=O)CC3)noc12.Cl.Cl. The third-order valence-corrected chi connectivity index (χ3v) is 7.78. The molecular formula is C32H39Cl2N5O3. The molecule has 10 heteroatoms. The van der Waals surface area contributed by atoms with Crippen molar-refractivity contribution >= 4 is 35.8 Å². The van der Waals surface area contributed by atoms with E-state index in [9.17, 15) is 4.79 Å². The van der Waals surface area contributed by atoms with Crippen LogP contribution in [0.4, 0.5) is 0 Å². The van der Waals surface area contributed by atoms with Crippen LogP contribution in [0.25, 0.3) is 11.0 Å². The molecule has 5 rings (SSSR count). The van der Waals surface area contributed by atoms with Crippen LogP contribution in [-0.4, -0.2) is 53.3 Å². The number of halogens is 2. The molecule has 0 radical (unpaired) electrons. The predicted octanol–water partition coefficient (Wildman–Crippen LogP) is 5.69. The van der Waals surface area contributed by atoms with Crippen LogP contribution in [0, 0.1) is 17.2 Å². The van der Waals surface area contributed by atoms with Gasteiger partial charge in [-0.2, -0.15) is 5.26 Å². The summed E-state index contributed by atoms with van der Waals surface area (Å²) in [6, 6.07) is 19.0. The molecule has 0 spiro atoms. The number of hydrogen-bond donors (Lipinski definition) is 0. The van der Waals surface area contributed by atoms with Gasteiger partial charge >= 0.3 is 0 Å². The van der Waals surface area contributed by atoms with E-state index in [1.807, 2.05) is 56.7 Å². The number of fused-ring (bicyclic) bond motifs is 1. The number of aromatic nitrogens is 2. The summed E-state index contributed by atoms with van der Waals surface area (Å²) < 4.78 is 13.9. The van der Waals surface area contributed by atoms with Gasteiger partial charge in [0.1, 0.15) is 12.4 Å². The van der Waals surface area contributed by atoms with E-state index in [0.29, 0.717) is 24.6 Å². The van der Waals surface area contributed by atoms with Crippen molar-refractivity contribution in [3.63, 3.8) is 0 Å². The zero-order chi connectivity index (χ0) is 27.9. The van der Waals surface area contributed by atoms with E-state index >= 15 is 0 Å². The van der Waals surface area contributed by atoms with Gasteiger partial charge in [0.15, 0.2) is 5.58 Å². The Labute approximate surface area is 259 Å². The quantitative estimate of drug-likeness (QED) is 0.215. The van der Waals surface area contributed by atoms with E-state index in [1.54, 1.807) is 16.7 Å². The van der Waals surface area contributed by atoms with E-state index in [2.05, 4.69) is 27.1 Å². The highest BCUT2D eigenvalue weighted by molar-refractivity contribution is 5.86. The van der Waals surface area contributed by atoms with Crippen molar-refractivity contribution in [3.8, 4) is 11.8 Å². The highest BCUT2D eigenvalue weighted by atomic mass is 35.5. The number of aryl methyl sites for hydroxylation is 1. The molecule has 2 aromatic heterocycles. The van der Waals surface area contributed by atoms with E-state index in [-0.39, 0.29) is 30.4 Å². The van der Waals surface area contributed by atoms with Crippen molar-refractivity contribution in [2.24, 2.45) is 5.92 Å². The maximum absolute atomic E-state index is 12.0. The maximum Gasteiger partial charge on any atom is 0.250 e. The number of nitriles is 1. The van der Waals surface area contributed by atoms with Crippen LogP contribution in [-0.2, 0) is 26.1 Å². The van der Waals surface area contributed by atoms with Crippen LogP contribution < -0.4 is 10.3 Å². The number of ether oxygens (including phenoxy) is 1. The summed E-state index contributed by atoms with van der Waals surface area (Å²) in [5, 5.41) is 14.6. The Balaban J connectivity index is 0.00000242. The zero-order valence-corrected chi connectivity index (χ0v) is 25.8. The number of piperidine rings is 1. The smallest absolute Gasteiger partial charge is 0.250 e. The molecule has 42 heavy (non-hydrogen) atoms. The maximum atomic E-state index is 12.0. The van der Waals surface area contributed by atoms with Gasteiger partial charge in [0.2, 0.25) is 0 Å². The van der Waals surface area contributed by atoms with Crippen molar-refractivity contribution in [2.75, 3.05) is 33.7 Å². The lowest BCUT2D eigenvalue weighted by Crippen LogP contribution is -2.37. The van der Waals surface area contributed by atoms with E-state index < -0.39 is 0 Å². The molecule has 0 atom stereocenters. The van der Waals surface area contributed by atoms with Crippen LogP contribution in [0.2, 0.25) is 0 Å². The summed E-state index contributed by atoms with van der Waals surface area (Å²) in [4.78, 5) is 16.5. The number of rotatable bonds is 11. The average molecular weight is 613 g/mol. The molecule has 3 heterocycles. The number of benzene rings is 2. The second-order valence-electron chi connectivity index (χ2n) is 10.9. The van der Waals surface area contributed by atoms with Crippen LogP contribution >= 0.6 is 24.8 Å². The number of pyridine rings is 1. The van der Waals surface area contributed by atoms with Crippen molar-refractivity contribution in [3.05, 3.63) is 93.5 Å². The van der Waals surface area contributed by atoms with Crippen LogP contribution in [0.3, 0.4) is 0 Å². The van der Waals surface area contributed by atoms with E-state index in [0.717, 1.165) is 72.6 Å². The summed E-state index contributed by atoms with van der Waals surface area (Å²) in [5.41, 5.74) is 4.52. The van der Waals surface area contributed by atoms with Crippen LogP contribution in [0.5, 0.6) is 5.75 Å². The molecule has 2 aromatic carbocycles. The standard InChI is InChI=1S/C32H37N5O3.2ClH/c1-35(2)22-28-30(39-23-26-8-6-25(21-33)7-9-26)13-11-27-29(34-40-32(27)28)12-10-24-14-17-36(18-15-24)19-20-37-16-4-3-5-31(37)38;;/h3-9,11,13,16,24H,10,12,14-15,17-20,22-23H2,1-2H3;2*1H. The third kappa shape index (κ3) is 8.36. The van der Waals surface area contributed by atoms with Gasteiger partial charge in [0.25, 0.3) is 5.56 Å². The number of nitrogens with zero attached hydrogens (tertiary/aromatic N) is 5.